The van der Waals surface area contributed by atoms with Gasteiger partial charge in [-0.2, -0.15) is 13.2 Å². The zero-order valence-corrected chi connectivity index (χ0v) is 12.9. The Morgan fingerprint density at radius 2 is 1.90 bits per heavy atom. The molecule has 1 aromatic rings. The summed E-state index contributed by atoms with van der Waals surface area (Å²) in [6.07, 6.45) is -3.81. The molecule has 1 aromatic carbocycles. The summed E-state index contributed by atoms with van der Waals surface area (Å²) in [6.45, 7) is 2.82. The molecule has 0 bridgehead atoms. The van der Waals surface area contributed by atoms with Gasteiger partial charge in [-0.3, -0.25) is 0 Å². The number of nitrogens with zero attached hydrogens (tertiary/aromatic N) is 1. The quantitative estimate of drug-likeness (QED) is 0.888. The zero-order chi connectivity index (χ0) is 15.6. The first-order valence-corrected chi connectivity index (χ1v) is 7.49. The van der Waals surface area contributed by atoms with Crippen LogP contribution in [-0.2, 0) is 0 Å². The molecule has 1 saturated heterocycles. The fourth-order valence-corrected chi connectivity index (χ4v) is 2.97. The van der Waals surface area contributed by atoms with E-state index in [9.17, 15) is 13.2 Å². The van der Waals surface area contributed by atoms with Gasteiger partial charge in [0, 0.05) is 19.1 Å². The summed E-state index contributed by atoms with van der Waals surface area (Å²) in [4.78, 5) is 1.94. The Hall–Kier alpha value is -0.940. The number of halogens is 4. The Morgan fingerprint density at radius 3 is 2.38 bits per heavy atom. The van der Waals surface area contributed by atoms with Gasteiger partial charge in [-0.25, -0.2) is 0 Å². The lowest BCUT2D eigenvalue weighted by molar-refractivity contribution is -0.179. The van der Waals surface area contributed by atoms with Crippen molar-refractivity contribution in [3.8, 4) is 0 Å². The minimum Gasteiger partial charge on any atom is -0.370 e. The van der Waals surface area contributed by atoms with Crippen LogP contribution in [0.4, 0.5) is 18.9 Å². The average Bonchev–Trinajstić information content (AvgIpc) is 2.45. The van der Waals surface area contributed by atoms with Gasteiger partial charge < -0.3 is 10.2 Å². The Morgan fingerprint density at radius 1 is 1.29 bits per heavy atom. The van der Waals surface area contributed by atoms with Crippen LogP contribution in [0.1, 0.15) is 31.4 Å². The van der Waals surface area contributed by atoms with Crippen LogP contribution in [0.2, 0.25) is 5.02 Å². The van der Waals surface area contributed by atoms with Crippen LogP contribution < -0.4 is 10.2 Å². The molecule has 1 aliphatic heterocycles. The van der Waals surface area contributed by atoms with Crippen molar-refractivity contribution in [3.63, 3.8) is 0 Å². The largest absolute Gasteiger partial charge is 0.391 e. The molecule has 0 aliphatic carbocycles. The number of rotatable bonds is 3. The van der Waals surface area contributed by atoms with Gasteiger partial charge in [-0.15, -0.1) is 0 Å². The van der Waals surface area contributed by atoms with Gasteiger partial charge in [0.05, 0.1) is 16.6 Å². The summed E-state index contributed by atoms with van der Waals surface area (Å²) in [5, 5.41) is 3.73. The summed E-state index contributed by atoms with van der Waals surface area (Å²) < 4.78 is 38.0. The molecule has 2 nitrogen and oxygen atoms in total. The minimum atomic E-state index is -4.08. The second-order valence-corrected chi connectivity index (χ2v) is 5.93. The van der Waals surface area contributed by atoms with E-state index < -0.39 is 12.1 Å². The molecule has 0 saturated carbocycles. The van der Waals surface area contributed by atoms with E-state index in [0.717, 1.165) is 11.3 Å². The van der Waals surface area contributed by atoms with Crippen molar-refractivity contribution in [1.82, 2.24) is 5.32 Å². The number of hydrogen-bond donors (Lipinski definition) is 1. The predicted octanol–water partition coefficient (Wildman–Crippen LogP) is 4.40. The maximum absolute atomic E-state index is 12.7. The van der Waals surface area contributed by atoms with Crippen molar-refractivity contribution in [2.24, 2.45) is 5.92 Å². The number of piperidine rings is 1. The van der Waals surface area contributed by atoms with Crippen LogP contribution in [0, 0.1) is 5.92 Å². The van der Waals surface area contributed by atoms with Crippen LogP contribution >= 0.6 is 11.6 Å². The Labute approximate surface area is 128 Å². The maximum atomic E-state index is 12.7. The van der Waals surface area contributed by atoms with Crippen LogP contribution in [-0.4, -0.2) is 26.3 Å². The van der Waals surface area contributed by atoms with Crippen LogP contribution in [0.3, 0.4) is 0 Å². The third-order valence-electron chi connectivity index (χ3n) is 4.20. The van der Waals surface area contributed by atoms with Gasteiger partial charge in [-0.05, 0) is 44.5 Å². The van der Waals surface area contributed by atoms with Gasteiger partial charge in [0.15, 0.2) is 0 Å². The highest BCUT2D eigenvalue weighted by molar-refractivity contribution is 6.33. The third-order valence-corrected chi connectivity index (χ3v) is 4.51. The second-order valence-electron chi connectivity index (χ2n) is 5.52. The van der Waals surface area contributed by atoms with Gasteiger partial charge >= 0.3 is 6.18 Å². The summed E-state index contributed by atoms with van der Waals surface area (Å²) in [7, 11) is 1.87. The van der Waals surface area contributed by atoms with E-state index in [1.54, 1.807) is 0 Å². The number of anilines is 1. The summed E-state index contributed by atoms with van der Waals surface area (Å²) in [6, 6.07) is 5.94. The van der Waals surface area contributed by atoms with Crippen molar-refractivity contribution in [2.75, 3.05) is 25.0 Å². The lowest BCUT2D eigenvalue weighted by Gasteiger charge is -2.35. The van der Waals surface area contributed by atoms with Gasteiger partial charge in [0.1, 0.15) is 0 Å². The molecule has 0 spiro atoms. The molecule has 0 aromatic heterocycles. The van der Waals surface area contributed by atoms with Crippen molar-refractivity contribution in [3.05, 3.63) is 28.8 Å². The van der Waals surface area contributed by atoms with E-state index in [-0.39, 0.29) is 18.9 Å². The molecule has 118 valence electrons. The van der Waals surface area contributed by atoms with Crippen LogP contribution in [0.15, 0.2) is 18.2 Å². The first-order valence-electron chi connectivity index (χ1n) is 7.11. The molecule has 6 heteroatoms. The van der Waals surface area contributed by atoms with Crippen molar-refractivity contribution in [2.45, 2.75) is 32.0 Å². The van der Waals surface area contributed by atoms with Crippen molar-refractivity contribution in [1.29, 1.82) is 0 Å². The van der Waals surface area contributed by atoms with Crippen LogP contribution in [0.5, 0.6) is 0 Å². The first-order chi connectivity index (χ1) is 9.82. The van der Waals surface area contributed by atoms with Gasteiger partial charge in [0.2, 0.25) is 0 Å². The number of alkyl halides is 3. The van der Waals surface area contributed by atoms with E-state index in [2.05, 4.69) is 5.32 Å². The van der Waals surface area contributed by atoms with Gasteiger partial charge in [0.25, 0.3) is 0 Å². The highest BCUT2D eigenvalue weighted by Gasteiger charge is 2.41. The molecule has 2 rings (SSSR count). The SMILES string of the molecule is CNC(C)c1ccc(N2CCC(C(F)(F)F)CC2)c(Cl)c1. The van der Waals surface area contributed by atoms with E-state index in [4.69, 9.17) is 11.6 Å². The Balaban J connectivity index is 2.07. The van der Waals surface area contributed by atoms with E-state index in [1.165, 1.54) is 0 Å². The first kappa shape index (κ1) is 16.4. The summed E-state index contributed by atoms with van der Waals surface area (Å²) in [5.74, 6) is -1.18. The fourth-order valence-electron chi connectivity index (χ4n) is 2.66. The zero-order valence-electron chi connectivity index (χ0n) is 12.2. The molecule has 1 unspecified atom stereocenters. The normalized spacial score (nSPS) is 18.9. The Kier molecular flexibility index (Phi) is 5.04. The van der Waals surface area contributed by atoms with Crippen molar-refractivity contribution < 1.29 is 13.2 Å². The molecule has 0 amide bonds. The molecule has 21 heavy (non-hydrogen) atoms. The summed E-state index contributed by atoms with van der Waals surface area (Å²) >= 11 is 6.30. The maximum Gasteiger partial charge on any atom is 0.391 e. The molecule has 1 aliphatic rings. The smallest absolute Gasteiger partial charge is 0.370 e. The highest BCUT2D eigenvalue weighted by Crippen LogP contribution is 2.37. The highest BCUT2D eigenvalue weighted by atomic mass is 35.5. The molecule has 1 fully saturated rings. The molecular weight excluding hydrogens is 301 g/mol. The molecule has 1 N–H and O–H groups in total. The predicted molar refractivity (Wildman–Crippen MR) is 79.9 cm³/mol. The number of hydrogen-bond acceptors (Lipinski definition) is 2. The number of nitrogens with one attached hydrogen (secondary N) is 1. The minimum absolute atomic E-state index is 0.133. The standard InChI is InChI=1S/C15H20ClF3N2/c1-10(20-2)11-3-4-14(13(16)9-11)21-7-5-12(6-8-21)15(17,18)19/h3-4,9-10,12,20H,5-8H2,1-2H3. The van der Waals surface area contributed by atoms with Gasteiger partial charge in [-0.1, -0.05) is 17.7 Å². The van der Waals surface area contributed by atoms with E-state index in [1.807, 2.05) is 37.1 Å². The molecule has 0 radical (unpaired) electrons. The Bertz CT molecular complexity index is 482. The molecule has 1 heterocycles. The van der Waals surface area contributed by atoms with Crippen molar-refractivity contribution >= 4 is 17.3 Å². The number of benzene rings is 1. The third kappa shape index (κ3) is 3.83. The summed E-state index contributed by atoms with van der Waals surface area (Å²) in [5.41, 5.74) is 1.89. The average molecular weight is 321 g/mol. The molecular formula is C15H20ClF3N2. The van der Waals surface area contributed by atoms with Crippen LogP contribution in [0.25, 0.3) is 0 Å². The fraction of sp³-hybridized carbons (Fsp3) is 0.600. The lowest BCUT2D eigenvalue weighted by atomic mass is 9.95. The molecule has 1 atom stereocenters. The monoisotopic (exact) mass is 320 g/mol. The topological polar surface area (TPSA) is 15.3 Å². The second kappa shape index (κ2) is 6.44. The van der Waals surface area contributed by atoms with E-state index in [0.29, 0.717) is 18.1 Å². The lowest BCUT2D eigenvalue weighted by Crippen LogP contribution is -2.39. The van der Waals surface area contributed by atoms with E-state index >= 15 is 0 Å².